The van der Waals surface area contributed by atoms with Gasteiger partial charge in [-0.1, -0.05) is 17.7 Å². The molecule has 3 rings (SSSR count). The summed E-state index contributed by atoms with van der Waals surface area (Å²) in [5.41, 5.74) is 3.52. The predicted molar refractivity (Wildman–Crippen MR) is 64.7 cm³/mol. The van der Waals surface area contributed by atoms with Gasteiger partial charge in [0.2, 0.25) is 0 Å². The number of fused-ring (bicyclic) bond motifs is 3. The first-order valence-electron chi connectivity index (χ1n) is 5.42. The van der Waals surface area contributed by atoms with Crippen LogP contribution in [-0.2, 0) is 13.0 Å². The third kappa shape index (κ3) is 1.44. The summed E-state index contributed by atoms with van der Waals surface area (Å²) in [6.45, 7) is 0.933. The highest BCUT2D eigenvalue weighted by Crippen LogP contribution is 2.31. The summed E-state index contributed by atoms with van der Waals surface area (Å²) in [5.74, 6) is 0. The van der Waals surface area contributed by atoms with Crippen LogP contribution < -0.4 is 5.32 Å². The van der Waals surface area contributed by atoms with Crippen molar-refractivity contribution in [2.24, 2.45) is 0 Å². The quantitative estimate of drug-likeness (QED) is 0.708. The zero-order chi connectivity index (χ0) is 11.1. The first-order valence-corrected chi connectivity index (χ1v) is 5.79. The van der Waals surface area contributed by atoms with Gasteiger partial charge in [0, 0.05) is 29.2 Å². The van der Waals surface area contributed by atoms with Crippen LogP contribution in [0.4, 0.5) is 0 Å². The predicted octanol–water partition coefficient (Wildman–Crippen LogP) is 1.83. The number of aliphatic hydroxyl groups excluding tert-OH is 1. The van der Waals surface area contributed by atoms with E-state index in [0.29, 0.717) is 0 Å². The van der Waals surface area contributed by atoms with Crippen molar-refractivity contribution in [3.63, 3.8) is 0 Å². The summed E-state index contributed by atoms with van der Waals surface area (Å²) < 4.78 is 0. The smallest absolute Gasteiger partial charge is 0.0588 e. The molecule has 4 heteroatoms. The summed E-state index contributed by atoms with van der Waals surface area (Å²) >= 11 is 6.22. The molecule has 0 saturated carbocycles. The largest absolute Gasteiger partial charge is 0.395 e. The van der Waals surface area contributed by atoms with Crippen molar-refractivity contribution in [2.45, 2.75) is 19.0 Å². The fourth-order valence-electron chi connectivity index (χ4n) is 2.39. The number of benzene rings is 1. The Hall–Kier alpha value is -1.03. The standard InChI is InChI=1S/C12H13ClN2O/c13-9-2-1-3-10-12(9)8-4-7(6-16)14-5-11(8)15-10/h1-3,7,14-16H,4-6H2. The van der Waals surface area contributed by atoms with Gasteiger partial charge < -0.3 is 15.4 Å². The number of nitrogens with one attached hydrogen (secondary N) is 2. The topological polar surface area (TPSA) is 48.0 Å². The zero-order valence-electron chi connectivity index (χ0n) is 8.76. The number of hydrogen-bond donors (Lipinski definition) is 3. The molecule has 2 aromatic rings. The van der Waals surface area contributed by atoms with Crippen LogP contribution in [0.1, 0.15) is 11.3 Å². The fraction of sp³-hybridized carbons (Fsp3) is 0.333. The second-order valence-corrected chi connectivity index (χ2v) is 4.62. The van der Waals surface area contributed by atoms with Gasteiger partial charge in [0.15, 0.2) is 0 Å². The molecule has 1 aromatic carbocycles. The van der Waals surface area contributed by atoms with E-state index in [1.54, 1.807) is 0 Å². The first-order chi connectivity index (χ1) is 7.79. The Morgan fingerprint density at radius 1 is 1.44 bits per heavy atom. The molecule has 3 nitrogen and oxygen atoms in total. The molecular weight excluding hydrogens is 224 g/mol. The zero-order valence-corrected chi connectivity index (χ0v) is 9.51. The molecule has 1 unspecified atom stereocenters. The van der Waals surface area contributed by atoms with Crippen LogP contribution in [0.2, 0.25) is 5.02 Å². The van der Waals surface area contributed by atoms with Gasteiger partial charge in [0.05, 0.1) is 11.6 Å². The normalized spacial score (nSPS) is 20.0. The minimum atomic E-state index is 0.141. The Bertz CT molecular complexity index is 535. The van der Waals surface area contributed by atoms with Crippen molar-refractivity contribution in [1.29, 1.82) is 0 Å². The average molecular weight is 237 g/mol. The molecule has 0 spiro atoms. The van der Waals surface area contributed by atoms with E-state index in [9.17, 15) is 5.11 Å². The second-order valence-electron chi connectivity index (χ2n) is 4.21. The van der Waals surface area contributed by atoms with Crippen molar-refractivity contribution in [2.75, 3.05) is 6.61 Å². The van der Waals surface area contributed by atoms with Crippen molar-refractivity contribution in [3.05, 3.63) is 34.5 Å². The molecule has 1 aromatic heterocycles. The van der Waals surface area contributed by atoms with Gasteiger partial charge in [-0.15, -0.1) is 0 Å². The highest BCUT2D eigenvalue weighted by Gasteiger charge is 2.22. The number of aliphatic hydroxyl groups is 1. The van der Waals surface area contributed by atoms with Gasteiger partial charge >= 0.3 is 0 Å². The van der Waals surface area contributed by atoms with Crippen LogP contribution in [0.25, 0.3) is 10.9 Å². The monoisotopic (exact) mass is 236 g/mol. The summed E-state index contributed by atoms with van der Waals surface area (Å²) in [6, 6.07) is 6.04. The van der Waals surface area contributed by atoms with Crippen LogP contribution in [-0.4, -0.2) is 22.7 Å². The van der Waals surface area contributed by atoms with Gasteiger partial charge in [-0.2, -0.15) is 0 Å². The van der Waals surface area contributed by atoms with Gasteiger partial charge in [-0.25, -0.2) is 0 Å². The van der Waals surface area contributed by atoms with Gasteiger partial charge in [0.25, 0.3) is 0 Å². The van der Waals surface area contributed by atoms with Crippen molar-refractivity contribution >= 4 is 22.5 Å². The highest BCUT2D eigenvalue weighted by atomic mass is 35.5. The Balaban J connectivity index is 2.19. The number of hydrogen-bond acceptors (Lipinski definition) is 2. The second kappa shape index (κ2) is 3.77. The lowest BCUT2D eigenvalue weighted by molar-refractivity contribution is 0.235. The third-order valence-electron chi connectivity index (χ3n) is 3.20. The van der Waals surface area contributed by atoms with Gasteiger partial charge in [-0.3, -0.25) is 0 Å². The summed E-state index contributed by atoms with van der Waals surface area (Å²) in [7, 11) is 0. The molecule has 0 amide bonds. The molecule has 0 bridgehead atoms. The molecule has 84 valence electrons. The lowest BCUT2D eigenvalue weighted by atomic mass is 9.99. The van der Waals surface area contributed by atoms with E-state index in [1.165, 1.54) is 11.3 Å². The maximum absolute atomic E-state index is 9.19. The van der Waals surface area contributed by atoms with E-state index in [2.05, 4.69) is 10.3 Å². The van der Waals surface area contributed by atoms with E-state index in [0.717, 1.165) is 28.9 Å². The minimum Gasteiger partial charge on any atom is -0.395 e. The van der Waals surface area contributed by atoms with E-state index in [-0.39, 0.29) is 12.6 Å². The molecule has 0 fully saturated rings. The molecule has 2 heterocycles. The maximum Gasteiger partial charge on any atom is 0.0588 e. The fourth-order valence-corrected chi connectivity index (χ4v) is 2.68. The highest BCUT2D eigenvalue weighted by molar-refractivity contribution is 6.35. The first kappa shape index (κ1) is 10.1. The lowest BCUT2D eigenvalue weighted by Gasteiger charge is -2.22. The molecule has 1 aliphatic heterocycles. The number of rotatable bonds is 1. The summed E-state index contributed by atoms with van der Waals surface area (Å²) in [6.07, 6.45) is 0.829. The SMILES string of the molecule is OCC1Cc2c([nH]c3cccc(Cl)c23)CN1. The molecule has 0 saturated heterocycles. The molecular formula is C12H13ClN2O. The third-order valence-corrected chi connectivity index (χ3v) is 3.52. The maximum atomic E-state index is 9.19. The molecule has 3 N–H and O–H groups in total. The van der Waals surface area contributed by atoms with Crippen molar-refractivity contribution < 1.29 is 5.11 Å². The Labute approximate surface area is 98.4 Å². The summed E-state index contributed by atoms with van der Waals surface area (Å²) in [4.78, 5) is 3.37. The van der Waals surface area contributed by atoms with Crippen LogP contribution in [0, 0.1) is 0 Å². The van der Waals surface area contributed by atoms with Crippen molar-refractivity contribution in [1.82, 2.24) is 10.3 Å². The van der Waals surface area contributed by atoms with E-state index in [1.807, 2.05) is 18.2 Å². The number of halogens is 1. The molecule has 1 aliphatic rings. The Morgan fingerprint density at radius 2 is 2.31 bits per heavy atom. The number of aromatic amines is 1. The molecule has 0 radical (unpaired) electrons. The lowest BCUT2D eigenvalue weighted by Crippen LogP contribution is -2.38. The van der Waals surface area contributed by atoms with Crippen LogP contribution in [0.15, 0.2) is 18.2 Å². The Kier molecular flexibility index (Phi) is 2.39. The van der Waals surface area contributed by atoms with E-state index in [4.69, 9.17) is 11.6 Å². The number of H-pyrrole nitrogens is 1. The minimum absolute atomic E-state index is 0.141. The van der Waals surface area contributed by atoms with E-state index < -0.39 is 0 Å². The molecule has 1 atom stereocenters. The van der Waals surface area contributed by atoms with E-state index >= 15 is 0 Å². The van der Waals surface area contributed by atoms with Crippen LogP contribution >= 0.6 is 11.6 Å². The Morgan fingerprint density at radius 3 is 3.12 bits per heavy atom. The molecule has 0 aliphatic carbocycles. The number of aromatic nitrogens is 1. The van der Waals surface area contributed by atoms with Crippen molar-refractivity contribution in [3.8, 4) is 0 Å². The average Bonchev–Trinajstić information content (AvgIpc) is 2.67. The van der Waals surface area contributed by atoms with Gasteiger partial charge in [0.1, 0.15) is 0 Å². The van der Waals surface area contributed by atoms with Gasteiger partial charge in [-0.05, 0) is 24.1 Å². The molecule has 16 heavy (non-hydrogen) atoms. The van der Waals surface area contributed by atoms with Crippen LogP contribution in [0.5, 0.6) is 0 Å². The summed E-state index contributed by atoms with van der Waals surface area (Å²) in [5, 5.41) is 14.4. The van der Waals surface area contributed by atoms with Crippen LogP contribution in [0.3, 0.4) is 0 Å².